The third-order valence-electron chi connectivity index (χ3n) is 4.38. The minimum absolute atomic E-state index is 0.410. The van der Waals surface area contributed by atoms with Gasteiger partial charge in [0, 0.05) is 28.9 Å². The van der Waals surface area contributed by atoms with E-state index in [0.29, 0.717) is 34.8 Å². The molecule has 6 heteroatoms. The van der Waals surface area contributed by atoms with Crippen LogP contribution in [0, 0.1) is 5.92 Å². The van der Waals surface area contributed by atoms with Crippen molar-refractivity contribution in [2.75, 3.05) is 18.9 Å². The molecule has 1 fully saturated rings. The summed E-state index contributed by atoms with van der Waals surface area (Å²) in [6.07, 6.45) is 7.60. The number of benzene rings is 1. The number of rotatable bonds is 8. The normalized spacial score (nSPS) is 18.7. The van der Waals surface area contributed by atoms with Crippen LogP contribution in [0.1, 0.15) is 44.1 Å². The Kier molecular flexibility index (Phi) is 7.91. The van der Waals surface area contributed by atoms with Gasteiger partial charge in [-0.15, -0.1) is 0 Å². The molecule has 0 spiro atoms. The standard InChI is InChI=1S/C17H26Cl2NO2P/c18-16-9-15(10-17(19)11-16)12-20-7-4-8-23(21,22)13-14-5-2-1-3-6-14/h9-11,14,20H,1-8,12-13H2,(H,21,22). The molecule has 0 bridgehead atoms. The van der Waals surface area contributed by atoms with Crippen LogP contribution in [0.25, 0.3) is 0 Å². The lowest BCUT2D eigenvalue weighted by molar-refractivity contribution is 0.372. The molecule has 0 aliphatic heterocycles. The summed E-state index contributed by atoms with van der Waals surface area (Å²) in [5.41, 5.74) is 1.02. The van der Waals surface area contributed by atoms with E-state index >= 15 is 0 Å². The van der Waals surface area contributed by atoms with Crippen molar-refractivity contribution in [3.63, 3.8) is 0 Å². The SMILES string of the molecule is O=P(O)(CCCNCc1cc(Cl)cc(Cl)c1)CC1CCCCC1. The van der Waals surface area contributed by atoms with Gasteiger partial charge >= 0.3 is 0 Å². The van der Waals surface area contributed by atoms with Gasteiger partial charge in [-0.05, 0) is 55.5 Å². The van der Waals surface area contributed by atoms with Crippen LogP contribution in [-0.4, -0.2) is 23.8 Å². The van der Waals surface area contributed by atoms with Crippen LogP contribution in [-0.2, 0) is 11.1 Å². The van der Waals surface area contributed by atoms with Crippen molar-refractivity contribution in [1.82, 2.24) is 5.32 Å². The average molecular weight is 378 g/mol. The summed E-state index contributed by atoms with van der Waals surface area (Å²) < 4.78 is 12.3. The molecule has 0 heterocycles. The Hall–Kier alpha value is -0.0500. The lowest BCUT2D eigenvalue weighted by Crippen LogP contribution is -2.17. The molecule has 0 saturated heterocycles. The van der Waals surface area contributed by atoms with Gasteiger partial charge in [0.25, 0.3) is 0 Å². The van der Waals surface area contributed by atoms with Crippen molar-refractivity contribution in [3.05, 3.63) is 33.8 Å². The van der Waals surface area contributed by atoms with Crippen LogP contribution in [0.4, 0.5) is 0 Å². The lowest BCUT2D eigenvalue weighted by Gasteiger charge is -2.24. The van der Waals surface area contributed by atoms with E-state index < -0.39 is 7.37 Å². The fourth-order valence-corrected chi connectivity index (χ4v) is 5.84. The predicted octanol–water partition coefficient (Wildman–Crippen LogP) is 5.32. The zero-order chi connectivity index (χ0) is 16.7. The molecule has 2 rings (SSSR count). The van der Waals surface area contributed by atoms with Gasteiger partial charge in [0.1, 0.15) is 0 Å². The number of hydrogen-bond donors (Lipinski definition) is 2. The van der Waals surface area contributed by atoms with Crippen molar-refractivity contribution in [1.29, 1.82) is 0 Å². The minimum Gasteiger partial charge on any atom is -0.344 e. The first-order valence-corrected chi connectivity index (χ1v) is 11.2. The summed E-state index contributed by atoms with van der Waals surface area (Å²) in [6.45, 7) is 1.39. The van der Waals surface area contributed by atoms with E-state index in [0.717, 1.165) is 31.4 Å². The Balaban J connectivity index is 1.64. The number of hydrogen-bond acceptors (Lipinski definition) is 2. The largest absolute Gasteiger partial charge is 0.344 e. The fourth-order valence-electron chi connectivity index (χ4n) is 3.26. The number of nitrogens with one attached hydrogen (secondary N) is 1. The first-order valence-electron chi connectivity index (χ1n) is 8.41. The Morgan fingerprint density at radius 2 is 1.78 bits per heavy atom. The van der Waals surface area contributed by atoms with Crippen LogP contribution in [0.15, 0.2) is 18.2 Å². The van der Waals surface area contributed by atoms with Crippen molar-refractivity contribution < 1.29 is 9.46 Å². The molecule has 1 atom stereocenters. The lowest BCUT2D eigenvalue weighted by atomic mass is 9.91. The molecular weight excluding hydrogens is 352 g/mol. The van der Waals surface area contributed by atoms with Crippen LogP contribution in [0.5, 0.6) is 0 Å². The maximum Gasteiger partial charge on any atom is 0.200 e. The van der Waals surface area contributed by atoms with Crippen LogP contribution < -0.4 is 5.32 Å². The van der Waals surface area contributed by atoms with Crippen LogP contribution in [0.3, 0.4) is 0 Å². The maximum absolute atomic E-state index is 12.3. The van der Waals surface area contributed by atoms with E-state index in [-0.39, 0.29) is 0 Å². The highest BCUT2D eigenvalue weighted by molar-refractivity contribution is 7.57. The minimum atomic E-state index is -2.97. The summed E-state index contributed by atoms with van der Waals surface area (Å²) >= 11 is 11.9. The Bertz CT molecular complexity index is 527. The van der Waals surface area contributed by atoms with Crippen molar-refractivity contribution in [2.24, 2.45) is 5.92 Å². The molecule has 0 radical (unpaired) electrons. The molecule has 130 valence electrons. The third-order valence-corrected chi connectivity index (χ3v) is 6.92. The first-order chi connectivity index (χ1) is 10.9. The molecule has 3 nitrogen and oxygen atoms in total. The summed E-state index contributed by atoms with van der Waals surface area (Å²) in [7, 11) is -2.97. The van der Waals surface area contributed by atoms with Gasteiger partial charge in [-0.2, -0.15) is 0 Å². The Morgan fingerprint density at radius 3 is 2.43 bits per heavy atom. The second-order valence-electron chi connectivity index (χ2n) is 6.56. The highest BCUT2D eigenvalue weighted by Gasteiger charge is 2.24. The second-order valence-corrected chi connectivity index (χ2v) is 9.94. The molecule has 0 aromatic heterocycles. The van der Waals surface area contributed by atoms with E-state index in [9.17, 15) is 9.46 Å². The molecule has 1 aliphatic rings. The van der Waals surface area contributed by atoms with E-state index in [1.165, 1.54) is 19.3 Å². The zero-order valence-electron chi connectivity index (χ0n) is 13.4. The summed E-state index contributed by atoms with van der Waals surface area (Å²) in [6, 6.07) is 5.46. The molecule has 1 unspecified atom stereocenters. The van der Waals surface area contributed by atoms with Gasteiger partial charge in [-0.1, -0.05) is 42.5 Å². The average Bonchev–Trinajstić information content (AvgIpc) is 2.46. The monoisotopic (exact) mass is 377 g/mol. The van der Waals surface area contributed by atoms with E-state index in [1.54, 1.807) is 6.07 Å². The molecule has 1 aliphatic carbocycles. The molecule has 2 N–H and O–H groups in total. The summed E-state index contributed by atoms with van der Waals surface area (Å²) in [4.78, 5) is 10.1. The van der Waals surface area contributed by atoms with Gasteiger partial charge < -0.3 is 10.2 Å². The molecule has 1 aromatic rings. The smallest absolute Gasteiger partial charge is 0.200 e. The van der Waals surface area contributed by atoms with E-state index in [2.05, 4.69) is 5.32 Å². The van der Waals surface area contributed by atoms with Crippen molar-refractivity contribution in [2.45, 2.75) is 45.1 Å². The van der Waals surface area contributed by atoms with Crippen LogP contribution in [0.2, 0.25) is 10.0 Å². The quantitative estimate of drug-likeness (QED) is 0.475. The highest BCUT2D eigenvalue weighted by Crippen LogP contribution is 2.45. The number of halogens is 2. The van der Waals surface area contributed by atoms with Gasteiger partial charge in [-0.25, -0.2) is 0 Å². The predicted molar refractivity (Wildman–Crippen MR) is 98.9 cm³/mol. The first kappa shape index (κ1) is 19.3. The van der Waals surface area contributed by atoms with Crippen molar-refractivity contribution >= 4 is 30.6 Å². The maximum atomic E-state index is 12.3. The molecular formula is C17H26Cl2NO2P. The van der Waals surface area contributed by atoms with Crippen molar-refractivity contribution in [3.8, 4) is 0 Å². The topological polar surface area (TPSA) is 49.3 Å². The van der Waals surface area contributed by atoms with Gasteiger partial charge in [-0.3, -0.25) is 4.57 Å². The molecule has 1 aromatic carbocycles. The zero-order valence-corrected chi connectivity index (χ0v) is 15.8. The van der Waals surface area contributed by atoms with Crippen LogP contribution >= 0.6 is 30.6 Å². The summed E-state index contributed by atoms with van der Waals surface area (Å²) in [5, 5.41) is 4.54. The molecule has 0 amide bonds. The van der Waals surface area contributed by atoms with Gasteiger partial charge in [0.2, 0.25) is 7.37 Å². The van der Waals surface area contributed by atoms with Gasteiger partial charge in [0.15, 0.2) is 0 Å². The Morgan fingerprint density at radius 1 is 1.13 bits per heavy atom. The van der Waals surface area contributed by atoms with Gasteiger partial charge in [0.05, 0.1) is 0 Å². The second kappa shape index (κ2) is 9.44. The highest BCUT2D eigenvalue weighted by atomic mass is 35.5. The molecule has 1 saturated carbocycles. The summed E-state index contributed by atoms with van der Waals surface area (Å²) in [5.74, 6) is 0.459. The van der Waals surface area contributed by atoms with E-state index in [4.69, 9.17) is 23.2 Å². The van der Waals surface area contributed by atoms with E-state index in [1.807, 2.05) is 12.1 Å². The fraction of sp³-hybridized carbons (Fsp3) is 0.647. The molecule has 23 heavy (non-hydrogen) atoms. The third kappa shape index (κ3) is 7.58. The Labute approximate surface area is 149 Å².